The predicted octanol–water partition coefficient (Wildman–Crippen LogP) is 22.5. The number of hydrogen-bond donors (Lipinski definition) is 0. The second-order valence-electron chi connectivity index (χ2n) is 28.3. The lowest BCUT2D eigenvalue weighted by Gasteiger charge is -2.37. The maximum Gasteiger partial charge on any atom is 0.0692 e. The van der Waals surface area contributed by atoms with Crippen molar-refractivity contribution in [3.8, 4) is 55.6 Å². The minimum absolute atomic E-state index is 0.181. The van der Waals surface area contributed by atoms with Gasteiger partial charge in [0.1, 0.15) is 0 Å². The van der Waals surface area contributed by atoms with Gasteiger partial charge in [-0.1, -0.05) is 244 Å². The van der Waals surface area contributed by atoms with Crippen molar-refractivity contribution < 1.29 is 0 Å². The summed E-state index contributed by atoms with van der Waals surface area (Å²) >= 11 is 0. The van der Waals surface area contributed by atoms with Crippen LogP contribution in [-0.2, 0) is 27.1 Å². The van der Waals surface area contributed by atoms with Crippen molar-refractivity contribution >= 4 is 39.7 Å². The summed E-state index contributed by atoms with van der Waals surface area (Å²) in [7, 11) is 0. The molecular weight excluding hydrogens is 1060 g/mol. The third-order valence-corrected chi connectivity index (χ3v) is 22.5. The number of allylic oxidation sites excluding steroid dienone is 4. The zero-order valence-electron chi connectivity index (χ0n) is 51.8. The van der Waals surface area contributed by atoms with Crippen molar-refractivity contribution in [3.63, 3.8) is 0 Å². The highest BCUT2D eigenvalue weighted by atomic mass is 15.2. The van der Waals surface area contributed by atoms with Gasteiger partial charge < -0.3 is 9.80 Å². The van der Waals surface area contributed by atoms with E-state index < -0.39 is 5.41 Å². The first-order valence-electron chi connectivity index (χ1n) is 32.0. The number of fused-ring (bicyclic) bond motifs is 21. The Labute approximate surface area is 518 Å². The summed E-state index contributed by atoms with van der Waals surface area (Å²) in [5.41, 5.74) is 38.2. The molecule has 2 atom stereocenters. The van der Waals surface area contributed by atoms with Crippen LogP contribution in [0.2, 0.25) is 0 Å². The second-order valence-corrected chi connectivity index (χ2v) is 28.3. The molecule has 1 spiro atoms. The minimum atomic E-state index is -0.587. The Morgan fingerprint density at radius 2 is 0.602 bits per heavy atom. The molecule has 11 aromatic rings. The number of rotatable bonds is 6. The molecule has 0 aliphatic heterocycles. The molecule has 2 unspecified atom stereocenters. The zero-order chi connectivity index (χ0) is 59.5. The first-order valence-corrected chi connectivity index (χ1v) is 32.0. The fourth-order valence-corrected chi connectivity index (χ4v) is 18.4. The quantitative estimate of drug-likeness (QED) is 0.164. The minimum Gasteiger partial charge on any atom is -0.310 e. The normalized spacial score (nSPS) is 19.1. The lowest BCUT2D eigenvalue weighted by molar-refractivity contribution is 0.591. The van der Waals surface area contributed by atoms with Crippen LogP contribution < -0.4 is 9.80 Å². The maximum absolute atomic E-state index is 2.63. The Kier molecular flexibility index (Phi) is 10.3. The fraction of sp³-hybridized carbons (Fsp3) is 0.186. The number of nitrogens with zero attached hydrogens (tertiary/aromatic N) is 2. The van der Waals surface area contributed by atoms with Crippen molar-refractivity contribution in [3.05, 3.63) is 315 Å². The molecule has 0 saturated heterocycles. The van der Waals surface area contributed by atoms with Gasteiger partial charge in [-0.2, -0.15) is 0 Å². The van der Waals surface area contributed by atoms with Gasteiger partial charge in [0.05, 0.1) is 16.8 Å². The third kappa shape index (κ3) is 6.48. The third-order valence-electron chi connectivity index (χ3n) is 22.5. The van der Waals surface area contributed by atoms with E-state index in [9.17, 15) is 0 Å². The van der Waals surface area contributed by atoms with Crippen molar-refractivity contribution in [2.45, 2.75) is 95.8 Å². The SMILES string of the molecule is CC1CC=CC2=C1C1(c3ccccc3-c3c(N(c4ccc5c(c4)C(C)(C)c4ccccc4-5)c4ccc5c(c4)C(C)(C)c4ccccc4-5)cccc31)c1cccc(N(c3ccc4c(c3)C(C)(C)c3ccccc3-4)c3ccc4c(c3)C(C)(C)c3ccccc3-4)c12. The first kappa shape index (κ1) is 51.7. The molecule has 88 heavy (non-hydrogen) atoms. The van der Waals surface area contributed by atoms with Gasteiger partial charge in [0, 0.05) is 55.5 Å². The molecule has 7 aliphatic carbocycles. The largest absolute Gasteiger partial charge is 0.310 e. The Hall–Kier alpha value is -9.50. The Bertz CT molecular complexity index is 4780. The van der Waals surface area contributed by atoms with Gasteiger partial charge in [0.2, 0.25) is 0 Å². The summed E-state index contributed by atoms with van der Waals surface area (Å²) in [5.74, 6) is 0.257. The van der Waals surface area contributed by atoms with Crippen LogP contribution in [0.1, 0.15) is 135 Å². The van der Waals surface area contributed by atoms with Crippen molar-refractivity contribution in [2.24, 2.45) is 5.92 Å². The van der Waals surface area contributed by atoms with Crippen LogP contribution in [0, 0.1) is 5.92 Å². The summed E-state index contributed by atoms with van der Waals surface area (Å²) in [6.07, 6.45) is 5.93. The molecule has 0 N–H and O–H groups in total. The number of hydrogen-bond acceptors (Lipinski definition) is 2. The fourth-order valence-electron chi connectivity index (χ4n) is 18.4. The van der Waals surface area contributed by atoms with E-state index in [4.69, 9.17) is 0 Å². The Morgan fingerprint density at radius 1 is 0.295 bits per heavy atom. The number of benzene rings is 11. The smallest absolute Gasteiger partial charge is 0.0692 e. The summed E-state index contributed by atoms with van der Waals surface area (Å²) in [4.78, 5) is 5.26. The molecule has 2 heteroatoms. The van der Waals surface area contributed by atoms with Crippen LogP contribution in [0.4, 0.5) is 34.1 Å². The molecule has 0 aromatic heterocycles. The molecule has 0 bridgehead atoms. The van der Waals surface area contributed by atoms with E-state index in [-0.39, 0.29) is 27.6 Å². The molecule has 7 aliphatic rings. The van der Waals surface area contributed by atoms with Gasteiger partial charge in [0.25, 0.3) is 0 Å². The first-order chi connectivity index (χ1) is 42.6. The molecule has 18 rings (SSSR count). The van der Waals surface area contributed by atoms with Gasteiger partial charge in [-0.05, 0) is 195 Å². The van der Waals surface area contributed by atoms with Crippen molar-refractivity contribution in [2.75, 3.05) is 9.80 Å². The molecule has 0 radical (unpaired) electrons. The molecular formula is C86H70N2. The van der Waals surface area contributed by atoms with E-state index in [0.717, 1.165) is 6.42 Å². The zero-order valence-corrected chi connectivity index (χ0v) is 51.8. The maximum atomic E-state index is 2.63. The summed E-state index contributed by atoms with van der Waals surface area (Å²) in [6.45, 7) is 21.8. The van der Waals surface area contributed by atoms with E-state index in [0.29, 0.717) is 0 Å². The van der Waals surface area contributed by atoms with E-state index >= 15 is 0 Å². The molecule has 0 amide bonds. The van der Waals surface area contributed by atoms with Gasteiger partial charge in [0.15, 0.2) is 0 Å². The molecule has 424 valence electrons. The second kappa shape index (κ2) is 17.6. The summed E-state index contributed by atoms with van der Waals surface area (Å²) in [5, 5.41) is 0. The van der Waals surface area contributed by atoms with Crippen LogP contribution >= 0.6 is 0 Å². The predicted molar refractivity (Wildman–Crippen MR) is 368 cm³/mol. The lowest BCUT2D eigenvalue weighted by atomic mass is 9.65. The van der Waals surface area contributed by atoms with Gasteiger partial charge in [-0.25, -0.2) is 0 Å². The average molecular weight is 1130 g/mol. The molecule has 2 nitrogen and oxygen atoms in total. The highest BCUT2D eigenvalue weighted by molar-refractivity contribution is 6.06. The summed E-state index contributed by atoms with van der Waals surface area (Å²) < 4.78 is 0. The van der Waals surface area contributed by atoms with Crippen LogP contribution in [0.3, 0.4) is 0 Å². The van der Waals surface area contributed by atoms with Gasteiger partial charge in [-0.15, -0.1) is 0 Å². The molecule has 11 aromatic carbocycles. The van der Waals surface area contributed by atoms with E-state index in [1.165, 1.54) is 168 Å². The molecule has 0 fully saturated rings. The van der Waals surface area contributed by atoms with Crippen molar-refractivity contribution in [1.29, 1.82) is 0 Å². The van der Waals surface area contributed by atoms with Crippen LogP contribution in [-0.4, -0.2) is 0 Å². The highest BCUT2D eigenvalue weighted by Crippen LogP contribution is 2.68. The Morgan fingerprint density at radius 3 is 0.989 bits per heavy atom. The van der Waals surface area contributed by atoms with Crippen LogP contribution in [0.15, 0.2) is 248 Å². The Balaban J connectivity index is 0.887. The molecule has 0 saturated carbocycles. The highest BCUT2D eigenvalue weighted by Gasteiger charge is 2.56. The average Bonchev–Trinajstić information content (AvgIpc) is 1.51. The summed E-state index contributed by atoms with van der Waals surface area (Å²) in [6, 6.07) is 89.6. The van der Waals surface area contributed by atoms with E-state index in [2.05, 4.69) is 315 Å². The van der Waals surface area contributed by atoms with Crippen molar-refractivity contribution in [1.82, 2.24) is 0 Å². The monoisotopic (exact) mass is 1130 g/mol. The van der Waals surface area contributed by atoms with Crippen LogP contribution in [0.5, 0.6) is 0 Å². The van der Waals surface area contributed by atoms with Gasteiger partial charge in [-0.3, -0.25) is 0 Å². The number of anilines is 6. The van der Waals surface area contributed by atoms with E-state index in [1.54, 1.807) is 0 Å². The lowest BCUT2D eigenvalue weighted by Crippen LogP contribution is -2.31. The standard InChI is InChI=1S/C86H70N2/c1-51-23-20-29-65-80-72(36-22-38-78(80)88(54-41-45-62-58-26-12-17-32-68(58)84(6,7)75(62)49-54)55-42-46-63-59-27-13-18-33-69(59)85(8,9)76(63)50-55)86(81(51)65)70-34-19-14-28-64(70)79-71(86)35-21-37-77(79)87(52-39-43-60-56-24-10-15-30-66(56)82(2,3)73(60)47-52)53-40-44-61-57-25-11-16-31-67(57)83(4,5)74(61)48-53/h10-22,24-51H,23H2,1-9H3. The van der Waals surface area contributed by atoms with Gasteiger partial charge >= 0.3 is 0 Å². The molecule has 0 heterocycles. The van der Waals surface area contributed by atoms with Crippen LogP contribution in [0.25, 0.3) is 61.2 Å². The topological polar surface area (TPSA) is 6.48 Å². The van der Waals surface area contributed by atoms with E-state index in [1.807, 2.05) is 0 Å².